The molecule has 0 saturated heterocycles. The molecule has 6 nitrogen and oxygen atoms in total. The predicted molar refractivity (Wildman–Crippen MR) is 71.3 cm³/mol. The van der Waals surface area contributed by atoms with Gasteiger partial charge in [0.1, 0.15) is 0 Å². The second kappa shape index (κ2) is 8.10. The van der Waals surface area contributed by atoms with E-state index in [4.69, 9.17) is 9.84 Å². The van der Waals surface area contributed by atoms with E-state index >= 15 is 0 Å². The van der Waals surface area contributed by atoms with Crippen LogP contribution < -0.4 is 10.6 Å². The van der Waals surface area contributed by atoms with Crippen molar-refractivity contribution in [2.75, 3.05) is 25.6 Å². The molecular formula is C13H18N2O4. The molecule has 104 valence electrons. The van der Waals surface area contributed by atoms with Gasteiger partial charge in [-0.15, -0.1) is 0 Å². The minimum Gasteiger partial charge on any atom is -0.481 e. The van der Waals surface area contributed by atoms with Crippen molar-refractivity contribution in [2.45, 2.75) is 12.8 Å². The highest BCUT2D eigenvalue weighted by Crippen LogP contribution is 2.11. The maximum absolute atomic E-state index is 11.5. The number of carboxylic acids is 1. The van der Waals surface area contributed by atoms with Crippen molar-refractivity contribution in [1.82, 2.24) is 5.32 Å². The number of aliphatic carboxylic acids is 1. The number of rotatable bonds is 7. The van der Waals surface area contributed by atoms with E-state index in [1.807, 2.05) is 0 Å². The number of hydrogen-bond donors (Lipinski definition) is 3. The molecule has 3 N–H and O–H groups in total. The largest absolute Gasteiger partial charge is 0.481 e. The molecule has 0 saturated carbocycles. The molecule has 0 aliphatic heterocycles. The highest BCUT2D eigenvalue weighted by atomic mass is 16.5. The smallest absolute Gasteiger partial charge is 0.319 e. The highest BCUT2D eigenvalue weighted by Gasteiger charge is 2.04. The molecule has 19 heavy (non-hydrogen) atoms. The second-order valence-electron chi connectivity index (χ2n) is 4.00. The fraction of sp³-hybridized carbons (Fsp3) is 0.385. The number of carbonyl (C=O) groups excluding carboxylic acids is 1. The fourth-order valence-corrected chi connectivity index (χ4v) is 1.53. The van der Waals surface area contributed by atoms with Gasteiger partial charge in [0.2, 0.25) is 0 Å². The summed E-state index contributed by atoms with van der Waals surface area (Å²) in [5, 5.41) is 14.0. The van der Waals surface area contributed by atoms with Crippen LogP contribution in [0, 0.1) is 0 Å². The summed E-state index contributed by atoms with van der Waals surface area (Å²) in [6.45, 7) is 1.11. The summed E-state index contributed by atoms with van der Waals surface area (Å²) < 4.78 is 4.87. The molecule has 0 fully saturated rings. The lowest BCUT2D eigenvalue weighted by Crippen LogP contribution is -2.30. The van der Waals surface area contributed by atoms with E-state index in [0.29, 0.717) is 24.4 Å². The van der Waals surface area contributed by atoms with Crippen LogP contribution in [0.3, 0.4) is 0 Å². The van der Waals surface area contributed by atoms with Gasteiger partial charge < -0.3 is 20.5 Å². The van der Waals surface area contributed by atoms with Crippen LogP contribution in [-0.2, 0) is 16.0 Å². The van der Waals surface area contributed by atoms with Gasteiger partial charge in [-0.3, -0.25) is 4.79 Å². The Morgan fingerprint density at radius 2 is 2.16 bits per heavy atom. The van der Waals surface area contributed by atoms with Crippen molar-refractivity contribution in [3.8, 4) is 0 Å². The molecular weight excluding hydrogens is 248 g/mol. The van der Waals surface area contributed by atoms with Crippen LogP contribution in [0.1, 0.15) is 12.0 Å². The van der Waals surface area contributed by atoms with Gasteiger partial charge in [-0.2, -0.15) is 0 Å². The standard InChI is InChI=1S/C13H18N2O4/c1-19-7-3-6-14-13(18)15-11-5-2-4-10(8-11)9-12(16)17/h2,4-5,8H,3,6-7,9H2,1H3,(H,16,17)(H2,14,15,18). The number of nitrogens with one attached hydrogen (secondary N) is 2. The van der Waals surface area contributed by atoms with Crippen LogP contribution >= 0.6 is 0 Å². The molecule has 0 aromatic heterocycles. The van der Waals surface area contributed by atoms with E-state index in [1.54, 1.807) is 31.4 Å². The lowest BCUT2D eigenvalue weighted by molar-refractivity contribution is -0.136. The number of benzene rings is 1. The van der Waals surface area contributed by atoms with Crippen LogP contribution in [-0.4, -0.2) is 37.4 Å². The molecule has 1 aromatic carbocycles. The van der Waals surface area contributed by atoms with Gasteiger partial charge in [0, 0.05) is 25.9 Å². The Morgan fingerprint density at radius 1 is 1.37 bits per heavy atom. The summed E-state index contributed by atoms with van der Waals surface area (Å²) in [6.07, 6.45) is 0.675. The lowest BCUT2D eigenvalue weighted by atomic mass is 10.1. The van der Waals surface area contributed by atoms with E-state index in [1.165, 1.54) is 0 Å². The van der Waals surface area contributed by atoms with Gasteiger partial charge in [0.25, 0.3) is 0 Å². The van der Waals surface area contributed by atoms with E-state index in [0.717, 1.165) is 6.42 Å². The summed E-state index contributed by atoms with van der Waals surface area (Å²) >= 11 is 0. The van der Waals surface area contributed by atoms with Crippen molar-refractivity contribution < 1.29 is 19.4 Å². The summed E-state index contributed by atoms with van der Waals surface area (Å²) in [5.41, 5.74) is 1.22. The Kier molecular flexibility index (Phi) is 6.38. The van der Waals surface area contributed by atoms with Gasteiger partial charge in [-0.05, 0) is 24.1 Å². The zero-order valence-electron chi connectivity index (χ0n) is 10.8. The first-order valence-corrected chi connectivity index (χ1v) is 5.96. The molecule has 1 rings (SSSR count). The van der Waals surface area contributed by atoms with E-state index in [2.05, 4.69) is 10.6 Å². The van der Waals surface area contributed by atoms with Crippen molar-refractivity contribution in [3.63, 3.8) is 0 Å². The average Bonchev–Trinajstić information content (AvgIpc) is 2.34. The highest BCUT2D eigenvalue weighted by molar-refractivity contribution is 5.89. The molecule has 0 radical (unpaired) electrons. The second-order valence-corrected chi connectivity index (χ2v) is 4.00. The normalized spacial score (nSPS) is 9.95. The first kappa shape index (κ1) is 15.0. The maximum Gasteiger partial charge on any atom is 0.319 e. The topological polar surface area (TPSA) is 87.7 Å². The van der Waals surface area contributed by atoms with Crippen LogP contribution in [0.4, 0.5) is 10.5 Å². The van der Waals surface area contributed by atoms with Crippen LogP contribution in [0.5, 0.6) is 0 Å². The third kappa shape index (κ3) is 6.42. The minimum atomic E-state index is -0.902. The number of methoxy groups -OCH3 is 1. The Bertz CT molecular complexity index is 434. The number of ether oxygens (including phenoxy) is 1. The Labute approximate surface area is 111 Å². The number of carbonyl (C=O) groups is 2. The quantitative estimate of drug-likeness (QED) is 0.652. The van der Waals surface area contributed by atoms with Crippen molar-refractivity contribution in [1.29, 1.82) is 0 Å². The zero-order chi connectivity index (χ0) is 14.1. The molecule has 1 aromatic rings. The lowest BCUT2D eigenvalue weighted by Gasteiger charge is -2.08. The molecule has 0 bridgehead atoms. The molecule has 0 unspecified atom stereocenters. The third-order valence-electron chi connectivity index (χ3n) is 2.35. The van der Waals surface area contributed by atoms with E-state index in [9.17, 15) is 9.59 Å². The van der Waals surface area contributed by atoms with Crippen LogP contribution in [0.15, 0.2) is 24.3 Å². The molecule has 0 aliphatic rings. The first-order valence-electron chi connectivity index (χ1n) is 5.96. The van der Waals surface area contributed by atoms with Crippen LogP contribution in [0.2, 0.25) is 0 Å². The average molecular weight is 266 g/mol. The third-order valence-corrected chi connectivity index (χ3v) is 2.35. The zero-order valence-corrected chi connectivity index (χ0v) is 10.8. The van der Waals surface area contributed by atoms with Crippen molar-refractivity contribution >= 4 is 17.7 Å². The van der Waals surface area contributed by atoms with Gasteiger partial charge >= 0.3 is 12.0 Å². The molecule has 0 atom stereocenters. The molecule has 0 heterocycles. The summed E-state index contributed by atoms with van der Waals surface area (Å²) in [5.74, 6) is -0.902. The summed E-state index contributed by atoms with van der Waals surface area (Å²) in [4.78, 5) is 22.1. The Hall–Kier alpha value is -2.08. The Morgan fingerprint density at radius 3 is 2.84 bits per heavy atom. The predicted octanol–water partition coefficient (Wildman–Crippen LogP) is 1.47. The molecule has 0 aliphatic carbocycles. The first-order chi connectivity index (χ1) is 9.11. The molecule has 2 amide bonds. The van der Waals surface area contributed by atoms with Gasteiger partial charge in [0.15, 0.2) is 0 Å². The summed E-state index contributed by atoms with van der Waals surface area (Å²) in [6, 6.07) is 6.45. The number of hydrogen-bond acceptors (Lipinski definition) is 3. The van der Waals surface area contributed by atoms with E-state index in [-0.39, 0.29) is 12.5 Å². The number of amides is 2. The van der Waals surface area contributed by atoms with Gasteiger partial charge in [0.05, 0.1) is 6.42 Å². The summed E-state index contributed by atoms with van der Waals surface area (Å²) in [7, 11) is 1.61. The SMILES string of the molecule is COCCCNC(=O)Nc1cccc(CC(=O)O)c1. The van der Waals surface area contributed by atoms with Crippen LogP contribution in [0.25, 0.3) is 0 Å². The van der Waals surface area contributed by atoms with Crippen molar-refractivity contribution in [3.05, 3.63) is 29.8 Å². The number of urea groups is 1. The fourth-order valence-electron chi connectivity index (χ4n) is 1.53. The Balaban J connectivity index is 2.43. The maximum atomic E-state index is 11.5. The van der Waals surface area contributed by atoms with Gasteiger partial charge in [-0.25, -0.2) is 4.79 Å². The van der Waals surface area contributed by atoms with Crippen molar-refractivity contribution in [2.24, 2.45) is 0 Å². The van der Waals surface area contributed by atoms with Gasteiger partial charge in [-0.1, -0.05) is 12.1 Å². The monoisotopic (exact) mass is 266 g/mol. The molecule has 6 heteroatoms. The number of carboxylic acid groups (broad SMARTS) is 1. The minimum absolute atomic E-state index is 0.0645. The van der Waals surface area contributed by atoms with E-state index < -0.39 is 5.97 Å². The molecule has 0 spiro atoms. The number of anilines is 1.